The molecule has 0 aliphatic heterocycles. The van der Waals surface area contributed by atoms with Crippen LogP contribution in [0.3, 0.4) is 0 Å². The number of rotatable bonds is 3. The second-order valence-corrected chi connectivity index (χ2v) is 6.55. The molecule has 0 spiro atoms. The molecule has 0 radical (unpaired) electrons. The van der Waals surface area contributed by atoms with Crippen molar-refractivity contribution >= 4 is 11.6 Å². The van der Waals surface area contributed by atoms with E-state index in [2.05, 4.69) is 45.3 Å². The van der Waals surface area contributed by atoms with Crippen LogP contribution in [-0.4, -0.2) is 0 Å². The zero-order chi connectivity index (χ0) is 12.8. The zero-order valence-electron chi connectivity index (χ0n) is 10.9. The Labute approximate surface area is 109 Å². The molecule has 0 bridgehead atoms. The van der Waals surface area contributed by atoms with Gasteiger partial charge in [0.25, 0.3) is 0 Å². The number of nitrogens with two attached hydrogens (primary N) is 1. The van der Waals surface area contributed by atoms with Crippen molar-refractivity contribution in [1.29, 1.82) is 0 Å². The molecule has 2 rings (SSSR count). The minimum absolute atomic E-state index is 0.192. The Kier molecular flexibility index (Phi) is 3.01. The van der Waals surface area contributed by atoms with Crippen LogP contribution >= 0.6 is 11.6 Å². The molecule has 17 heavy (non-hydrogen) atoms. The molecule has 3 heteroatoms. The van der Waals surface area contributed by atoms with Crippen molar-refractivity contribution in [1.82, 2.24) is 5.43 Å². The van der Waals surface area contributed by atoms with E-state index >= 15 is 0 Å². The summed E-state index contributed by atoms with van der Waals surface area (Å²) in [7, 11) is 0. The van der Waals surface area contributed by atoms with Crippen LogP contribution in [0.25, 0.3) is 0 Å². The number of hydrazine groups is 1. The van der Waals surface area contributed by atoms with Gasteiger partial charge in [-0.3, -0.25) is 11.3 Å². The van der Waals surface area contributed by atoms with Gasteiger partial charge in [-0.2, -0.15) is 0 Å². The van der Waals surface area contributed by atoms with E-state index in [9.17, 15) is 0 Å². The van der Waals surface area contributed by atoms with Gasteiger partial charge in [-0.1, -0.05) is 51.4 Å². The van der Waals surface area contributed by atoms with E-state index in [0.717, 1.165) is 5.02 Å². The summed E-state index contributed by atoms with van der Waals surface area (Å²) in [6, 6.07) is 8.14. The minimum atomic E-state index is 0.192. The molecule has 94 valence electrons. The molecular formula is C14H21ClN2. The standard InChI is InChI=1S/C14H21ClN2/c1-13(2)12(14(13,3)4)11(17-16)9-5-7-10(15)8-6-9/h5-8,11-12,17H,16H2,1-4H3. The highest BCUT2D eigenvalue weighted by atomic mass is 35.5. The van der Waals surface area contributed by atoms with Gasteiger partial charge in [0.05, 0.1) is 0 Å². The van der Waals surface area contributed by atoms with Gasteiger partial charge in [-0.05, 0) is 34.4 Å². The molecule has 0 aromatic heterocycles. The van der Waals surface area contributed by atoms with E-state index in [1.54, 1.807) is 0 Å². The minimum Gasteiger partial charge on any atom is -0.271 e. The lowest BCUT2D eigenvalue weighted by Gasteiger charge is -2.18. The first kappa shape index (κ1) is 12.9. The summed E-state index contributed by atoms with van der Waals surface area (Å²) in [5.74, 6) is 6.29. The molecule has 2 nitrogen and oxygen atoms in total. The van der Waals surface area contributed by atoms with E-state index in [1.807, 2.05) is 12.1 Å². The highest BCUT2D eigenvalue weighted by Gasteiger charge is 2.67. The number of hydrogen-bond acceptors (Lipinski definition) is 2. The fourth-order valence-corrected chi connectivity index (χ4v) is 3.26. The Hall–Kier alpha value is -0.570. The van der Waals surface area contributed by atoms with Crippen LogP contribution < -0.4 is 11.3 Å². The van der Waals surface area contributed by atoms with E-state index in [-0.39, 0.29) is 6.04 Å². The van der Waals surface area contributed by atoms with Gasteiger partial charge in [-0.25, -0.2) is 0 Å². The molecule has 1 fully saturated rings. The normalized spacial score (nSPS) is 23.4. The van der Waals surface area contributed by atoms with E-state index in [4.69, 9.17) is 17.4 Å². The number of nitrogens with one attached hydrogen (secondary N) is 1. The average Bonchev–Trinajstić information content (AvgIpc) is 2.65. The van der Waals surface area contributed by atoms with Crippen LogP contribution in [0.4, 0.5) is 0 Å². The molecule has 1 aromatic rings. The van der Waals surface area contributed by atoms with Gasteiger partial charge in [-0.15, -0.1) is 0 Å². The highest BCUT2D eigenvalue weighted by Crippen LogP contribution is 2.72. The number of hydrogen-bond donors (Lipinski definition) is 2. The monoisotopic (exact) mass is 252 g/mol. The van der Waals surface area contributed by atoms with Gasteiger partial charge in [0.15, 0.2) is 0 Å². The summed E-state index contributed by atoms with van der Waals surface area (Å²) in [6.45, 7) is 9.21. The van der Waals surface area contributed by atoms with E-state index in [0.29, 0.717) is 16.7 Å². The second kappa shape index (κ2) is 3.98. The first-order valence-corrected chi connectivity index (χ1v) is 6.42. The Morgan fingerprint density at radius 1 is 1.12 bits per heavy atom. The molecular weight excluding hydrogens is 232 g/mol. The van der Waals surface area contributed by atoms with Crippen molar-refractivity contribution in [2.45, 2.75) is 33.7 Å². The Morgan fingerprint density at radius 3 is 1.94 bits per heavy atom. The molecule has 1 atom stereocenters. The van der Waals surface area contributed by atoms with Crippen molar-refractivity contribution in [3.63, 3.8) is 0 Å². The molecule has 0 amide bonds. The molecule has 0 heterocycles. The maximum absolute atomic E-state index is 5.92. The molecule has 1 aliphatic carbocycles. The molecule has 1 aromatic carbocycles. The van der Waals surface area contributed by atoms with E-state index < -0.39 is 0 Å². The van der Waals surface area contributed by atoms with Crippen LogP contribution in [-0.2, 0) is 0 Å². The van der Waals surface area contributed by atoms with Crippen LogP contribution in [0.15, 0.2) is 24.3 Å². The third-order valence-electron chi connectivity index (χ3n) is 4.87. The van der Waals surface area contributed by atoms with Crippen molar-refractivity contribution in [2.75, 3.05) is 0 Å². The summed E-state index contributed by atoms with van der Waals surface area (Å²) < 4.78 is 0. The maximum Gasteiger partial charge on any atom is 0.0498 e. The van der Waals surface area contributed by atoms with Crippen molar-refractivity contribution < 1.29 is 0 Å². The van der Waals surface area contributed by atoms with Gasteiger partial charge < -0.3 is 0 Å². The largest absolute Gasteiger partial charge is 0.271 e. The highest BCUT2D eigenvalue weighted by molar-refractivity contribution is 6.30. The second-order valence-electron chi connectivity index (χ2n) is 6.12. The quantitative estimate of drug-likeness (QED) is 0.638. The van der Waals surface area contributed by atoms with Gasteiger partial charge >= 0.3 is 0 Å². The molecule has 1 saturated carbocycles. The van der Waals surface area contributed by atoms with Crippen LogP contribution in [0.2, 0.25) is 5.02 Å². The van der Waals surface area contributed by atoms with Crippen molar-refractivity contribution in [3.05, 3.63) is 34.9 Å². The summed E-state index contributed by atoms with van der Waals surface area (Å²) >= 11 is 5.92. The lowest BCUT2D eigenvalue weighted by atomic mass is 9.97. The summed E-state index contributed by atoms with van der Waals surface area (Å²) in [5, 5.41) is 0.763. The third-order valence-corrected chi connectivity index (χ3v) is 5.13. The van der Waals surface area contributed by atoms with Crippen molar-refractivity contribution in [2.24, 2.45) is 22.6 Å². The molecule has 1 aliphatic rings. The zero-order valence-corrected chi connectivity index (χ0v) is 11.7. The Balaban J connectivity index is 2.28. The summed E-state index contributed by atoms with van der Waals surface area (Å²) in [4.78, 5) is 0. The maximum atomic E-state index is 5.92. The smallest absolute Gasteiger partial charge is 0.0498 e. The predicted molar refractivity (Wildman–Crippen MR) is 72.6 cm³/mol. The molecule has 0 saturated heterocycles. The van der Waals surface area contributed by atoms with Crippen LogP contribution in [0.1, 0.15) is 39.3 Å². The molecule has 3 N–H and O–H groups in total. The topological polar surface area (TPSA) is 38.0 Å². The Bertz CT molecular complexity index is 395. The lowest BCUT2D eigenvalue weighted by Crippen LogP contribution is -2.31. The lowest BCUT2D eigenvalue weighted by molar-refractivity contribution is 0.417. The van der Waals surface area contributed by atoms with Crippen LogP contribution in [0.5, 0.6) is 0 Å². The summed E-state index contributed by atoms with van der Waals surface area (Å²) in [5.41, 5.74) is 4.80. The van der Waals surface area contributed by atoms with Crippen molar-refractivity contribution in [3.8, 4) is 0 Å². The third kappa shape index (κ3) is 1.88. The number of benzene rings is 1. The SMILES string of the molecule is CC1(C)C(C(NN)c2ccc(Cl)cc2)C1(C)C. The van der Waals surface area contributed by atoms with Gasteiger partial charge in [0.1, 0.15) is 0 Å². The van der Waals surface area contributed by atoms with Gasteiger partial charge in [0.2, 0.25) is 0 Å². The first-order chi connectivity index (χ1) is 7.82. The fourth-order valence-electron chi connectivity index (χ4n) is 3.14. The fraction of sp³-hybridized carbons (Fsp3) is 0.571. The van der Waals surface area contributed by atoms with Gasteiger partial charge in [0, 0.05) is 11.1 Å². The summed E-state index contributed by atoms with van der Waals surface area (Å²) in [6.07, 6.45) is 0. The average molecular weight is 253 g/mol. The Morgan fingerprint density at radius 2 is 1.59 bits per heavy atom. The van der Waals surface area contributed by atoms with E-state index in [1.165, 1.54) is 5.56 Å². The van der Waals surface area contributed by atoms with Crippen LogP contribution in [0, 0.1) is 16.7 Å². The first-order valence-electron chi connectivity index (χ1n) is 6.04. The number of halogens is 1. The molecule has 1 unspecified atom stereocenters. The predicted octanol–water partition coefficient (Wildman–Crippen LogP) is 3.53.